The molecule has 4 rings (SSSR count). The molecule has 2 aliphatic heterocycles. The number of carbonyl (C=O) groups excluding carboxylic acids is 1. The molecule has 0 aromatic heterocycles. The number of carbonyl (C=O) groups is 1. The lowest BCUT2D eigenvalue weighted by Crippen LogP contribution is -2.50. The molecule has 1 amide bonds. The molecular formula is C20H21FN2O2. The van der Waals surface area contributed by atoms with Gasteiger partial charge in [0.15, 0.2) is 0 Å². The Kier molecular flexibility index (Phi) is 4.51. The van der Waals surface area contributed by atoms with E-state index in [2.05, 4.69) is 17.0 Å². The third kappa shape index (κ3) is 3.43. The number of hydrogen-bond acceptors (Lipinski definition) is 3. The average Bonchev–Trinajstić information content (AvgIpc) is 3.08. The fraction of sp³-hybridized carbons (Fsp3) is 0.350. The van der Waals surface area contributed by atoms with E-state index in [4.69, 9.17) is 4.74 Å². The first-order chi connectivity index (χ1) is 12.2. The Labute approximate surface area is 146 Å². The second-order valence-corrected chi connectivity index (χ2v) is 6.65. The molecule has 0 bridgehead atoms. The van der Waals surface area contributed by atoms with Crippen LogP contribution in [0.15, 0.2) is 54.6 Å². The van der Waals surface area contributed by atoms with Crippen LogP contribution < -0.4 is 0 Å². The van der Waals surface area contributed by atoms with Crippen molar-refractivity contribution in [3.05, 3.63) is 71.5 Å². The first kappa shape index (κ1) is 16.2. The fourth-order valence-corrected chi connectivity index (χ4v) is 3.71. The van der Waals surface area contributed by atoms with Crippen LogP contribution in [0.2, 0.25) is 0 Å². The van der Waals surface area contributed by atoms with Gasteiger partial charge in [0, 0.05) is 31.7 Å². The number of rotatable bonds is 3. The van der Waals surface area contributed by atoms with Crippen molar-refractivity contribution >= 4 is 5.91 Å². The van der Waals surface area contributed by atoms with Crippen LogP contribution in [0.4, 0.5) is 4.39 Å². The van der Waals surface area contributed by atoms with Gasteiger partial charge in [0.25, 0.3) is 5.91 Å². The molecule has 0 N–H and O–H groups in total. The van der Waals surface area contributed by atoms with Crippen LogP contribution in [0.1, 0.15) is 15.9 Å². The van der Waals surface area contributed by atoms with Crippen LogP contribution in [-0.4, -0.2) is 54.1 Å². The van der Waals surface area contributed by atoms with Crippen molar-refractivity contribution in [2.75, 3.05) is 26.2 Å². The van der Waals surface area contributed by atoms with Crippen LogP contribution in [0.5, 0.6) is 0 Å². The van der Waals surface area contributed by atoms with E-state index in [0.29, 0.717) is 25.3 Å². The minimum Gasteiger partial charge on any atom is -0.373 e. The van der Waals surface area contributed by atoms with Crippen LogP contribution in [0.3, 0.4) is 0 Å². The maximum atomic E-state index is 13.1. The highest BCUT2D eigenvalue weighted by Gasteiger charge is 2.41. The van der Waals surface area contributed by atoms with Gasteiger partial charge in [0.2, 0.25) is 0 Å². The zero-order valence-corrected chi connectivity index (χ0v) is 14.0. The molecule has 0 aliphatic carbocycles. The van der Waals surface area contributed by atoms with Gasteiger partial charge in [0.05, 0.1) is 18.8 Å². The molecular weight excluding hydrogens is 319 g/mol. The summed E-state index contributed by atoms with van der Waals surface area (Å²) in [6.45, 7) is 3.66. The summed E-state index contributed by atoms with van der Waals surface area (Å²) < 4.78 is 19.0. The second kappa shape index (κ2) is 6.94. The molecule has 130 valence electrons. The van der Waals surface area contributed by atoms with Crippen molar-refractivity contribution in [2.24, 2.45) is 0 Å². The lowest BCUT2D eigenvalue weighted by Gasteiger charge is -2.36. The summed E-state index contributed by atoms with van der Waals surface area (Å²) in [5.41, 5.74) is 1.79. The Morgan fingerprint density at radius 1 is 1.08 bits per heavy atom. The van der Waals surface area contributed by atoms with E-state index in [-0.39, 0.29) is 23.9 Å². The van der Waals surface area contributed by atoms with Gasteiger partial charge in [-0.3, -0.25) is 9.69 Å². The van der Waals surface area contributed by atoms with Gasteiger partial charge in [-0.25, -0.2) is 4.39 Å². The Morgan fingerprint density at radius 2 is 1.84 bits per heavy atom. The lowest BCUT2D eigenvalue weighted by molar-refractivity contribution is -0.0503. The molecule has 2 atom stereocenters. The smallest absolute Gasteiger partial charge is 0.254 e. The van der Waals surface area contributed by atoms with E-state index in [0.717, 1.165) is 13.1 Å². The molecule has 2 aromatic carbocycles. The number of halogens is 1. The summed E-state index contributed by atoms with van der Waals surface area (Å²) in [4.78, 5) is 16.9. The van der Waals surface area contributed by atoms with Crippen molar-refractivity contribution in [1.29, 1.82) is 0 Å². The molecule has 2 aromatic rings. The largest absolute Gasteiger partial charge is 0.373 e. The molecule has 0 spiro atoms. The molecule has 2 fully saturated rings. The predicted octanol–water partition coefficient (Wildman–Crippen LogP) is 2.55. The van der Waals surface area contributed by atoms with E-state index in [1.165, 1.54) is 17.7 Å². The summed E-state index contributed by atoms with van der Waals surface area (Å²) in [6, 6.07) is 16.3. The first-order valence-electron chi connectivity index (χ1n) is 8.65. The van der Waals surface area contributed by atoms with Gasteiger partial charge in [-0.2, -0.15) is 0 Å². The Hall–Kier alpha value is -2.24. The second-order valence-electron chi connectivity index (χ2n) is 6.65. The SMILES string of the molecule is O=C(c1ccc(F)cc1)N1C[C@@H]2[C@@H](C1)OCCN2Cc1ccccc1. The summed E-state index contributed by atoms with van der Waals surface area (Å²) in [7, 11) is 0. The molecule has 5 heteroatoms. The third-order valence-corrected chi connectivity index (χ3v) is 5.02. The van der Waals surface area contributed by atoms with Gasteiger partial charge in [-0.05, 0) is 29.8 Å². The molecule has 2 aliphatic rings. The summed E-state index contributed by atoms with van der Waals surface area (Å²) in [6.07, 6.45) is 0.0434. The van der Waals surface area contributed by atoms with Gasteiger partial charge in [-0.15, -0.1) is 0 Å². The minimum atomic E-state index is -0.330. The van der Waals surface area contributed by atoms with Gasteiger partial charge < -0.3 is 9.64 Å². The quantitative estimate of drug-likeness (QED) is 0.861. The highest BCUT2D eigenvalue weighted by Crippen LogP contribution is 2.25. The number of likely N-dealkylation sites (tertiary alicyclic amines) is 1. The molecule has 0 radical (unpaired) electrons. The van der Waals surface area contributed by atoms with Crippen LogP contribution >= 0.6 is 0 Å². The van der Waals surface area contributed by atoms with Crippen molar-refractivity contribution in [3.8, 4) is 0 Å². The topological polar surface area (TPSA) is 32.8 Å². The maximum absolute atomic E-state index is 13.1. The normalized spacial score (nSPS) is 23.5. The van der Waals surface area contributed by atoms with Crippen LogP contribution in [0, 0.1) is 5.82 Å². The number of hydrogen-bond donors (Lipinski definition) is 0. The van der Waals surface area contributed by atoms with Crippen molar-refractivity contribution in [1.82, 2.24) is 9.80 Å². The Morgan fingerprint density at radius 3 is 2.60 bits per heavy atom. The summed E-state index contributed by atoms with van der Waals surface area (Å²) in [5.74, 6) is -0.387. The summed E-state index contributed by atoms with van der Waals surface area (Å²) in [5, 5.41) is 0. The molecule has 2 heterocycles. The van der Waals surface area contributed by atoms with Crippen LogP contribution in [0.25, 0.3) is 0 Å². The monoisotopic (exact) mass is 340 g/mol. The standard InChI is InChI=1S/C20H21FN2O2/c21-17-8-6-16(7-9-17)20(24)23-13-18-19(14-23)25-11-10-22(18)12-15-4-2-1-3-5-15/h1-9,18-19H,10-14H2/t18-,19-/m1/s1. The van der Waals surface area contributed by atoms with Crippen molar-refractivity contribution < 1.29 is 13.9 Å². The average molecular weight is 340 g/mol. The number of fused-ring (bicyclic) bond motifs is 1. The third-order valence-electron chi connectivity index (χ3n) is 5.02. The van der Waals surface area contributed by atoms with Crippen molar-refractivity contribution in [2.45, 2.75) is 18.7 Å². The zero-order valence-electron chi connectivity index (χ0n) is 14.0. The Bertz CT molecular complexity index is 735. The van der Waals surface area contributed by atoms with Crippen LogP contribution in [-0.2, 0) is 11.3 Å². The van der Waals surface area contributed by atoms with Gasteiger partial charge in [-0.1, -0.05) is 30.3 Å². The molecule has 2 saturated heterocycles. The van der Waals surface area contributed by atoms with E-state index < -0.39 is 0 Å². The van der Waals surface area contributed by atoms with Gasteiger partial charge >= 0.3 is 0 Å². The Balaban J connectivity index is 1.47. The molecule has 25 heavy (non-hydrogen) atoms. The maximum Gasteiger partial charge on any atom is 0.254 e. The minimum absolute atomic E-state index is 0.0434. The highest BCUT2D eigenvalue weighted by atomic mass is 19.1. The number of amides is 1. The number of morpholine rings is 1. The molecule has 0 saturated carbocycles. The summed E-state index contributed by atoms with van der Waals surface area (Å²) >= 11 is 0. The number of benzene rings is 2. The van der Waals surface area contributed by atoms with E-state index in [1.807, 2.05) is 23.1 Å². The van der Waals surface area contributed by atoms with Crippen molar-refractivity contribution in [3.63, 3.8) is 0 Å². The highest BCUT2D eigenvalue weighted by molar-refractivity contribution is 5.94. The molecule has 4 nitrogen and oxygen atoms in total. The predicted molar refractivity (Wildman–Crippen MR) is 92.7 cm³/mol. The zero-order chi connectivity index (χ0) is 17.2. The number of ether oxygens (including phenoxy) is 1. The fourth-order valence-electron chi connectivity index (χ4n) is 3.71. The number of nitrogens with zero attached hydrogens (tertiary/aromatic N) is 2. The van der Waals surface area contributed by atoms with Gasteiger partial charge in [0.1, 0.15) is 5.82 Å². The van der Waals surface area contributed by atoms with E-state index in [9.17, 15) is 9.18 Å². The lowest BCUT2D eigenvalue weighted by atomic mass is 10.1. The van der Waals surface area contributed by atoms with E-state index in [1.54, 1.807) is 12.1 Å². The van der Waals surface area contributed by atoms with E-state index >= 15 is 0 Å². The first-order valence-corrected chi connectivity index (χ1v) is 8.65. The molecule has 0 unspecified atom stereocenters.